The predicted molar refractivity (Wildman–Crippen MR) is 83.2 cm³/mol. The van der Waals surface area contributed by atoms with E-state index in [-0.39, 0.29) is 0 Å². The Morgan fingerprint density at radius 3 is 2.26 bits per heavy atom. The van der Waals surface area contributed by atoms with Crippen molar-refractivity contribution in [3.05, 3.63) is 24.3 Å². The average Bonchev–Trinajstić information content (AvgIpc) is 3.20. The number of hydrogen-bond acceptors (Lipinski definition) is 1. The largest absolute Gasteiger partial charge is 0.373 e. The molecular formula is C18H31O. The molecule has 0 aliphatic carbocycles. The van der Waals surface area contributed by atoms with Crippen LogP contribution in [0.5, 0.6) is 0 Å². The second-order valence-corrected chi connectivity index (χ2v) is 5.73. The number of unbranched alkanes of at least 4 members (excludes halogenated alkanes) is 9. The monoisotopic (exact) mass is 263 g/mol. The fraction of sp³-hybridized carbons (Fsp3) is 0.778. The van der Waals surface area contributed by atoms with Crippen LogP contribution in [0, 0.1) is 6.08 Å². The van der Waals surface area contributed by atoms with Gasteiger partial charge in [0.1, 0.15) is 0 Å². The molecule has 0 saturated carbocycles. The fourth-order valence-corrected chi connectivity index (χ4v) is 2.29. The third kappa shape index (κ3) is 11.0. The highest BCUT2D eigenvalue weighted by molar-refractivity contribution is 5.09. The van der Waals surface area contributed by atoms with Crippen LogP contribution in [0.1, 0.15) is 77.6 Å². The van der Waals surface area contributed by atoms with Crippen molar-refractivity contribution in [2.75, 3.05) is 6.61 Å². The summed E-state index contributed by atoms with van der Waals surface area (Å²) in [5.41, 5.74) is 1.10. The van der Waals surface area contributed by atoms with Gasteiger partial charge in [-0.1, -0.05) is 70.9 Å². The Balaban J connectivity index is 1.77. The molecule has 0 aromatic carbocycles. The molecule has 0 amide bonds. The molecule has 1 heterocycles. The summed E-state index contributed by atoms with van der Waals surface area (Å²) in [5.74, 6) is 0. The molecule has 1 heteroatoms. The van der Waals surface area contributed by atoms with E-state index < -0.39 is 0 Å². The second-order valence-electron chi connectivity index (χ2n) is 5.73. The van der Waals surface area contributed by atoms with Crippen molar-refractivity contribution in [3.63, 3.8) is 0 Å². The highest BCUT2D eigenvalue weighted by Gasteiger charge is 2.22. The first-order chi connectivity index (χ1) is 9.33. The van der Waals surface area contributed by atoms with Gasteiger partial charge in [-0.2, -0.15) is 0 Å². The van der Waals surface area contributed by atoms with Gasteiger partial charge in [0.2, 0.25) is 0 Å². The number of rotatable bonds is 13. The second kappa shape index (κ2) is 11.3. The van der Waals surface area contributed by atoms with Gasteiger partial charge < -0.3 is 4.74 Å². The summed E-state index contributed by atoms with van der Waals surface area (Å²) in [5, 5.41) is 0. The third-order valence-corrected chi connectivity index (χ3v) is 3.63. The zero-order valence-electron chi connectivity index (χ0n) is 12.8. The fourth-order valence-electron chi connectivity index (χ4n) is 2.29. The van der Waals surface area contributed by atoms with Gasteiger partial charge in [0.05, 0.1) is 12.7 Å². The number of hydrogen-bond donors (Lipinski definition) is 0. The van der Waals surface area contributed by atoms with Gasteiger partial charge in [-0.05, 0) is 24.5 Å². The van der Waals surface area contributed by atoms with Crippen molar-refractivity contribution < 1.29 is 4.74 Å². The summed E-state index contributed by atoms with van der Waals surface area (Å²) in [6.45, 7) is 7.19. The summed E-state index contributed by atoms with van der Waals surface area (Å²) in [6, 6.07) is 0. The predicted octanol–water partition coefficient (Wildman–Crippen LogP) is 5.61. The van der Waals surface area contributed by atoms with Crippen molar-refractivity contribution in [1.29, 1.82) is 0 Å². The summed E-state index contributed by atoms with van der Waals surface area (Å²) >= 11 is 0. The summed E-state index contributed by atoms with van der Waals surface area (Å²) < 4.78 is 5.17. The minimum atomic E-state index is 0.445. The summed E-state index contributed by atoms with van der Waals surface area (Å²) in [6.07, 6.45) is 20.5. The Morgan fingerprint density at radius 1 is 1.11 bits per heavy atom. The number of allylic oxidation sites excluding steroid dienone is 2. The maximum Gasteiger partial charge on any atom is 0.0850 e. The lowest BCUT2D eigenvalue weighted by Gasteiger charge is -2.00. The summed E-state index contributed by atoms with van der Waals surface area (Å²) in [7, 11) is 0. The molecule has 1 saturated heterocycles. The number of epoxide rings is 1. The molecule has 0 bridgehead atoms. The molecular weight excluding hydrogens is 232 g/mol. The molecule has 19 heavy (non-hydrogen) atoms. The van der Waals surface area contributed by atoms with E-state index in [1.54, 1.807) is 0 Å². The van der Waals surface area contributed by atoms with Crippen molar-refractivity contribution >= 4 is 0 Å². The number of ether oxygens (including phenoxy) is 1. The highest BCUT2D eigenvalue weighted by Crippen LogP contribution is 2.18. The van der Waals surface area contributed by atoms with Crippen molar-refractivity contribution in [3.8, 4) is 0 Å². The average molecular weight is 263 g/mol. The van der Waals surface area contributed by atoms with Gasteiger partial charge >= 0.3 is 0 Å². The molecule has 0 aromatic heterocycles. The van der Waals surface area contributed by atoms with E-state index in [1.807, 2.05) is 0 Å². The Hall–Kier alpha value is -0.560. The summed E-state index contributed by atoms with van der Waals surface area (Å²) in [4.78, 5) is 0. The van der Waals surface area contributed by atoms with Gasteiger partial charge in [0.15, 0.2) is 0 Å². The molecule has 1 atom stereocenters. The molecule has 1 nitrogen and oxygen atoms in total. The first-order valence-corrected chi connectivity index (χ1v) is 8.20. The maximum atomic E-state index is 5.17. The molecule has 1 unspecified atom stereocenters. The van der Waals surface area contributed by atoms with Gasteiger partial charge in [-0.25, -0.2) is 0 Å². The van der Waals surface area contributed by atoms with Gasteiger partial charge in [0.25, 0.3) is 0 Å². The SMILES string of the molecule is C=C(/[C]=C/CCCCCCCCCCC)CC1CO1. The van der Waals surface area contributed by atoms with E-state index in [0.717, 1.165) is 25.0 Å². The van der Waals surface area contributed by atoms with Crippen LogP contribution in [0.25, 0.3) is 0 Å². The first-order valence-electron chi connectivity index (χ1n) is 8.20. The van der Waals surface area contributed by atoms with Crippen LogP contribution < -0.4 is 0 Å². The van der Waals surface area contributed by atoms with Crippen LogP contribution in [-0.4, -0.2) is 12.7 Å². The Labute approximate surface area is 120 Å². The normalized spacial score (nSPS) is 18.1. The zero-order chi connectivity index (χ0) is 13.8. The van der Waals surface area contributed by atoms with Crippen molar-refractivity contribution in [2.24, 2.45) is 0 Å². The van der Waals surface area contributed by atoms with Gasteiger partial charge in [0, 0.05) is 6.42 Å². The Kier molecular flexibility index (Phi) is 9.79. The van der Waals surface area contributed by atoms with Crippen LogP contribution in [0.15, 0.2) is 18.2 Å². The smallest absolute Gasteiger partial charge is 0.0850 e. The lowest BCUT2D eigenvalue weighted by atomic mass is 10.1. The van der Waals surface area contributed by atoms with E-state index >= 15 is 0 Å². The maximum absolute atomic E-state index is 5.17. The standard InChI is InChI=1S/C18H31O/c1-3-4-5-6-7-8-9-10-11-12-13-14-17(2)15-18-16-19-18/h13,18H,2-12,15-16H2,1H3. The lowest BCUT2D eigenvalue weighted by molar-refractivity contribution is 0.408. The van der Waals surface area contributed by atoms with Crippen LogP contribution in [0.3, 0.4) is 0 Å². The minimum Gasteiger partial charge on any atom is -0.373 e. The molecule has 1 radical (unpaired) electrons. The molecule has 109 valence electrons. The van der Waals surface area contributed by atoms with E-state index in [9.17, 15) is 0 Å². The topological polar surface area (TPSA) is 12.5 Å². The molecule has 1 fully saturated rings. The Bertz CT molecular complexity index is 250. The molecule has 1 rings (SSSR count). The van der Waals surface area contributed by atoms with E-state index in [0.29, 0.717) is 6.10 Å². The highest BCUT2D eigenvalue weighted by atomic mass is 16.6. The van der Waals surface area contributed by atoms with Crippen molar-refractivity contribution in [2.45, 2.75) is 83.7 Å². The third-order valence-electron chi connectivity index (χ3n) is 3.63. The van der Waals surface area contributed by atoms with Crippen LogP contribution in [-0.2, 0) is 4.74 Å². The van der Waals surface area contributed by atoms with Gasteiger partial charge in [-0.3, -0.25) is 0 Å². The van der Waals surface area contributed by atoms with E-state index in [1.165, 1.54) is 57.8 Å². The van der Waals surface area contributed by atoms with Gasteiger partial charge in [-0.15, -0.1) is 0 Å². The van der Waals surface area contributed by atoms with E-state index in [2.05, 4.69) is 25.7 Å². The van der Waals surface area contributed by atoms with E-state index in [4.69, 9.17) is 4.74 Å². The van der Waals surface area contributed by atoms with Crippen molar-refractivity contribution in [1.82, 2.24) is 0 Å². The molecule has 1 aliphatic heterocycles. The molecule has 1 aliphatic rings. The quantitative estimate of drug-likeness (QED) is 0.239. The molecule has 0 N–H and O–H groups in total. The van der Waals surface area contributed by atoms with Crippen LogP contribution >= 0.6 is 0 Å². The van der Waals surface area contributed by atoms with Crippen LogP contribution in [0.4, 0.5) is 0 Å². The zero-order valence-corrected chi connectivity index (χ0v) is 12.8. The Morgan fingerprint density at radius 2 is 1.68 bits per heavy atom. The lowest BCUT2D eigenvalue weighted by Crippen LogP contribution is -1.86. The van der Waals surface area contributed by atoms with Crippen LogP contribution in [0.2, 0.25) is 0 Å². The molecule has 0 spiro atoms. The minimum absolute atomic E-state index is 0.445. The first kappa shape index (κ1) is 16.5. The molecule has 0 aromatic rings.